The first-order valence-electron chi connectivity index (χ1n) is 13.9. The number of carbonyl (C=O) groups excluding carboxylic acids is 3. The summed E-state index contributed by atoms with van der Waals surface area (Å²) in [5.74, 6) is -0.523. The van der Waals surface area contributed by atoms with E-state index in [0.717, 1.165) is 0 Å². The van der Waals surface area contributed by atoms with Crippen LogP contribution in [0.1, 0.15) is 44.2 Å². The number of rotatable bonds is 15. The number of ether oxygens (including phenoxy) is 4. The van der Waals surface area contributed by atoms with Crippen LogP contribution in [0.25, 0.3) is 11.1 Å². The number of amides is 3. The van der Waals surface area contributed by atoms with Gasteiger partial charge in [-0.3, -0.25) is 14.5 Å². The van der Waals surface area contributed by atoms with E-state index in [0.29, 0.717) is 63.7 Å². The molecule has 0 radical (unpaired) electrons. The van der Waals surface area contributed by atoms with E-state index < -0.39 is 6.09 Å². The predicted octanol–water partition coefficient (Wildman–Crippen LogP) is 4.26. The lowest BCUT2D eigenvalue weighted by Crippen LogP contribution is -2.33. The molecule has 0 saturated carbocycles. The molecule has 5 rings (SSSR count). The summed E-state index contributed by atoms with van der Waals surface area (Å²) in [6.07, 6.45) is 0.226. The molecule has 1 N–H and O–H groups in total. The highest BCUT2D eigenvalue weighted by Gasteiger charge is 2.34. The molecule has 0 saturated heterocycles. The summed E-state index contributed by atoms with van der Waals surface area (Å²) in [5, 5.41) is 2.78. The SMILES string of the molecule is O=C(NCCCOCCOCCOCCN1C(=O)c2ccccc2C1=O)OCC1c2ccccc2-c2ccccc21. The van der Waals surface area contributed by atoms with Crippen molar-refractivity contribution in [3.63, 3.8) is 0 Å². The Bertz CT molecular complexity index is 1290. The molecule has 0 spiro atoms. The minimum absolute atomic E-state index is 0.0400. The van der Waals surface area contributed by atoms with Gasteiger partial charge < -0.3 is 24.3 Å². The van der Waals surface area contributed by atoms with Crippen molar-refractivity contribution in [1.29, 1.82) is 0 Å². The van der Waals surface area contributed by atoms with E-state index in [-0.39, 0.29) is 30.9 Å². The minimum atomic E-state index is -0.432. The number of nitrogens with zero attached hydrogens (tertiary/aromatic N) is 1. The molecule has 0 fully saturated rings. The van der Waals surface area contributed by atoms with Crippen molar-refractivity contribution in [2.24, 2.45) is 0 Å². The first kappa shape index (κ1) is 28.5. The lowest BCUT2D eigenvalue weighted by atomic mass is 9.98. The average molecular weight is 559 g/mol. The zero-order chi connectivity index (χ0) is 28.4. The molecule has 41 heavy (non-hydrogen) atoms. The molecule has 2 aliphatic rings. The number of alkyl carbamates (subject to hydrolysis) is 1. The first-order valence-corrected chi connectivity index (χ1v) is 13.9. The Hall–Kier alpha value is -4.05. The molecular formula is C32H34N2O7. The Balaban J connectivity index is 0.855. The number of fused-ring (bicyclic) bond motifs is 4. The van der Waals surface area contributed by atoms with E-state index in [1.807, 2.05) is 24.3 Å². The number of carbonyl (C=O) groups is 3. The average Bonchev–Trinajstić information content (AvgIpc) is 3.45. The van der Waals surface area contributed by atoms with E-state index in [4.69, 9.17) is 18.9 Å². The Kier molecular flexibility index (Phi) is 9.74. The number of hydrogen-bond donors (Lipinski definition) is 1. The summed E-state index contributed by atoms with van der Waals surface area (Å²) < 4.78 is 22.1. The van der Waals surface area contributed by atoms with Crippen molar-refractivity contribution < 1.29 is 33.3 Å². The van der Waals surface area contributed by atoms with Gasteiger partial charge in [0.2, 0.25) is 0 Å². The predicted molar refractivity (Wildman–Crippen MR) is 152 cm³/mol. The van der Waals surface area contributed by atoms with E-state index in [1.165, 1.54) is 27.2 Å². The van der Waals surface area contributed by atoms with E-state index in [9.17, 15) is 14.4 Å². The second-order valence-electron chi connectivity index (χ2n) is 9.75. The molecule has 0 atom stereocenters. The van der Waals surface area contributed by atoms with Gasteiger partial charge in [-0.15, -0.1) is 0 Å². The third-order valence-corrected chi connectivity index (χ3v) is 7.16. The maximum absolute atomic E-state index is 12.3. The van der Waals surface area contributed by atoms with E-state index in [2.05, 4.69) is 29.6 Å². The third kappa shape index (κ3) is 6.82. The molecule has 1 aliphatic heterocycles. The lowest BCUT2D eigenvalue weighted by molar-refractivity contribution is 0.0108. The molecule has 3 amide bonds. The molecule has 9 heteroatoms. The van der Waals surface area contributed by atoms with Crippen LogP contribution < -0.4 is 5.32 Å². The van der Waals surface area contributed by atoms with Gasteiger partial charge in [-0.25, -0.2) is 4.79 Å². The van der Waals surface area contributed by atoms with Crippen LogP contribution in [0, 0.1) is 0 Å². The Morgan fingerprint density at radius 1 is 0.659 bits per heavy atom. The minimum Gasteiger partial charge on any atom is -0.449 e. The van der Waals surface area contributed by atoms with Crippen molar-refractivity contribution in [3.8, 4) is 11.1 Å². The maximum Gasteiger partial charge on any atom is 0.407 e. The van der Waals surface area contributed by atoms with Crippen LogP contribution >= 0.6 is 0 Å². The van der Waals surface area contributed by atoms with Crippen LogP contribution in [0.3, 0.4) is 0 Å². The van der Waals surface area contributed by atoms with Gasteiger partial charge in [0, 0.05) is 19.1 Å². The molecular weight excluding hydrogens is 524 g/mol. The van der Waals surface area contributed by atoms with Gasteiger partial charge in [0.25, 0.3) is 11.8 Å². The molecule has 9 nitrogen and oxygen atoms in total. The van der Waals surface area contributed by atoms with Gasteiger partial charge in [0.15, 0.2) is 0 Å². The molecule has 1 heterocycles. The normalized spacial score (nSPS) is 13.7. The van der Waals surface area contributed by atoms with Crippen molar-refractivity contribution in [2.75, 3.05) is 59.3 Å². The highest BCUT2D eigenvalue weighted by molar-refractivity contribution is 6.21. The Labute approximate surface area is 239 Å². The standard InChI is InChI=1S/C32H34N2O7/c35-30-27-12-5-6-13-28(27)31(36)34(30)15-17-39-19-21-40-20-18-38-16-7-14-33-32(37)41-22-29-25-10-3-1-8-23(25)24-9-2-4-11-26(24)29/h1-6,8-13,29H,7,14-22H2,(H,33,37). The molecule has 0 unspecified atom stereocenters. The van der Waals surface area contributed by atoms with Gasteiger partial charge in [-0.05, 0) is 40.8 Å². The maximum atomic E-state index is 12.3. The van der Waals surface area contributed by atoms with Gasteiger partial charge in [0.1, 0.15) is 6.61 Å². The molecule has 3 aromatic carbocycles. The summed E-state index contributed by atoms with van der Waals surface area (Å²) >= 11 is 0. The van der Waals surface area contributed by atoms with Crippen LogP contribution in [0.5, 0.6) is 0 Å². The summed E-state index contributed by atoms with van der Waals surface area (Å²) in [5.41, 5.74) is 5.65. The second kappa shape index (κ2) is 14.0. The lowest BCUT2D eigenvalue weighted by Gasteiger charge is -2.14. The highest BCUT2D eigenvalue weighted by atomic mass is 16.6. The summed E-state index contributed by atoms with van der Waals surface area (Å²) in [6.45, 7) is 3.29. The zero-order valence-corrected chi connectivity index (χ0v) is 22.9. The highest BCUT2D eigenvalue weighted by Crippen LogP contribution is 2.44. The van der Waals surface area contributed by atoms with Crippen molar-refractivity contribution >= 4 is 17.9 Å². The van der Waals surface area contributed by atoms with E-state index >= 15 is 0 Å². The first-order chi connectivity index (χ1) is 20.1. The zero-order valence-electron chi connectivity index (χ0n) is 22.9. The van der Waals surface area contributed by atoms with Crippen molar-refractivity contribution in [1.82, 2.24) is 10.2 Å². The fraction of sp³-hybridized carbons (Fsp3) is 0.344. The van der Waals surface area contributed by atoms with Crippen LogP contribution in [-0.4, -0.2) is 82.1 Å². The number of benzene rings is 3. The van der Waals surface area contributed by atoms with Crippen LogP contribution in [-0.2, 0) is 18.9 Å². The van der Waals surface area contributed by atoms with E-state index in [1.54, 1.807) is 24.3 Å². The second-order valence-corrected chi connectivity index (χ2v) is 9.75. The number of imide groups is 1. The molecule has 0 aromatic heterocycles. The Morgan fingerprint density at radius 3 is 1.73 bits per heavy atom. The molecule has 0 bridgehead atoms. The molecule has 3 aromatic rings. The van der Waals surface area contributed by atoms with Gasteiger partial charge >= 0.3 is 6.09 Å². The van der Waals surface area contributed by atoms with Gasteiger partial charge in [0.05, 0.1) is 50.7 Å². The van der Waals surface area contributed by atoms with Crippen molar-refractivity contribution in [2.45, 2.75) is 12.3 Å². The van der Waals surface area contributed by atoms with Crippen LogP contribution in [0.15, 0.2) is 72.8 Å². The fourth-order valence-corrected chi connectivity index (χ4v) is 5.15. The smallest absolute Gasteiger partial charge is 0.407 e. The molecule has 214 valence electrons. The summed E-state index contributed by atoms with van der Waals surface area (Å²) in [7, 11) is 0. The Morgan fingerprint density at radius 2 is 1.15 bits per heavy atom. The third-order valence-electron chi connectivity index (χ3n) is 7.16. The largest absolute Gasteiger partial charge is 0.449 e. The van der Waals surface area contributed by atoms with Crippen LogP contribution in [0.2, 0.25) is 0 Å². The number of hydrogen-bond acceptors (Lipinski definition) is 7. The topological polar surface area (TPSA) is 103 Å². The summed E-state index contributed by atoms with van der Waals surface area (Å²) in [4.78, 5) is 38.1. The van der Waals surface area contributed by atoms with Gasteiger partial charge in [-0.1, -0.05) is 60.7 Å². The monoisotopic (exact) mass is 558 g/mol. The van der Waals surface area contributed by atoms with Crippen molar-refractivity contribution in [3.05, 3.63) is 95.1 Å². The quantitative estimate of drug-likeness (QED) is 0.220. The van der Waals surface area contributed by atoms with Crippen LogP contribution in [0.4, 0.5) is 4.79 Å². The van der Waals surface area contributed by atoms with Gasteiger partial charge in [-0.2, -0.15) is 0 Å². The fourth-order valence-electron chi connectivity index (χ4n) is 5.15. The summed E-state index contributed by atoms with van der Waals surface area (Å²) in [6, 6.07) is 23.3. The number of nitrogens with one attached hydrogen (secondary N) is 1. The molecule has 1 aliphatic carbocycles.